The lowest BCUT2D eigenvalue weighted by molar-refractivity contribution is -0.478. The molecule has 0 aromatic heterocycles. The zero-order valence-corrected chi connectivity index (χ0v) is 41.9. The molecule has 21 nitrogen and oxygen atoms in total. The Bertz CT molecular complexity index is 2020. The van der Waals surface area contributed by atoms with Gasteiger partial charge >= 0.3 is 17.9 Å². The molecule has 0 radical (unpaired) electrons. The number of carbonyl (C=O) groups excluding carboxylic acids is 2. The predicted molar refractivity (Wildman–Crippen MR) is 246 cm³/mol. The fraction of sp³-hybridized carbons (Fsp3) is 0.843. The van der Waals surface area contributed by atoms with Gasteiger partial charge in [0.2, 0.25) is 0 Å². The molecule has 72 heavy (non-hydrogen) atoms. The van der Waals surface area contributed by atoms with Crippen LogP contribution in [-0.4, -0.2) is 197 Å². The van der Waals surface area contributed by atoms with Crippen molar-refractivity contribution in [3.8, 4) is 0 Å². The molecular weight excluding hydrogens is 949 g/mol. The predicted octanol–water partition coefficient (Wildman–Crippen LogP) is -0.101. The first kappa shape index (κ1) is 55.7. The Kier molecular flexibility index (Phi) is 16.3. The third kappa shape index (κ3) is 9.69. The fourth-order valence-corrected chi connectivity index (χ4v) is 14.1. The molecule has 4 aliphatic carbocycles. The van der Waals surface area contributed by atoms with Gasteiger partial charge in [-0.1, -0.05) is 45.9 Å². The molecular formula is C51H78O21. The number of benzene rings is 1. The summed E-state index contributed by atoms with van der Waals surface area (Å²) in [5, 5.41) is 124. The number of fused-ring (bicyclic) bond motifs is 5. The second-order valence-electron chi connectivity index (χ2n) is 22.7. The first-order valence-corrected chi connectivity index (χ1v) is 25.8. The standard InChI is InChI=1S/C51H78O21/c1-24(2)18-36(54)66-25(3)30-20-35(69-45(62)27-10-8-7-9-11-27)50(64)48(30,6)16-14-34-47(5)15-13-29(19-28(47)12-17-49(34,50)63)71-51(44(61)41(59)38(56)32(22-52)72-51)65-23-33-39(57)40(58)42(60)46(68-33)70-43-26(4)67-37(55)21-31(43)53/h7-11,24-26,28-35,37-44,46,52-53,55-61,63-64H,12-23H2,1-6H3/t25?,26?,28?,29-,30+,31+,32?,33?,34?,35+,37+,38+,39+,40-,41-,42?,43+,44?,46+,47-,48+,49-,50+,51-/m0/s1. The molecule has 0 spiro atoms. The van der Waals surface area contributed by atoms with Crippen molar-refractivity contribution in [3.05, 3.63) is 35.9 Å². The SMILES string of the molecule is CC(C)CC(=O)OC(C)[C@H]1C[C@@H](OC(=O)c2ccccc2)[C@]2(O)[C@]3(O)CCC4C[C@@H](O[C@]5(OCC6O[C@H](O[C@@H]7C(C)O[C@@H](O)C[C@H]7O)C(O)[C@@H](O)[C@@H]6O)OC(CO)[C@@H](O)[C@H](O)C5O)CC[C@]4(C)C3CC[C@]12C. The first-order valence-electron chi connectivity index (χ1n) is 25.8. The van der Waals surface area contributed by atoms with Crippen molar-refractivity contribution in [2.45, 2.75) is 221 Å². The molecule has 8 rings (SSSR count). The molecule has 8 unspecified atom stereocenters. The maximum Gasteiger partial charge on any atom is 0.338 e. The van der Waals surface area contributed by atoms with E-state index in [0.29, 0.717) is 25.7 Å². The molecule has 7 fully saturated rings. The van der Waals surface area contributed by atoms with Crippen LogP contribution in [0.5, 0.6) is 0 Å². The summed E-state index contributed by atoms with van der Waals surface area (Å²) in [7, 11) is 0. The van der Waals surface area contributed by atoms with Gasteiger partial charge in [-0.25, -0.2) is 4.79 Å². The smallest absolute Gasteiger partial charge is 0.338 e. The van der Waals surface area contributed by atoms with Crippen LogP contribution in [0.4, 0.5) is 0 Å². The Morgan fingerprint density at radius 2 is 1.50 bits per heavy atom. The second kappa shape index (κ2) is 21.1. The summed E-state index contributed by atoms with van der Waals surface area (Å²) in [5.74, 6) is -4.86. The minimum atomic E-state index is -2.63. The van der Waals surface area contributed by atoms with E-state index >= 15 is 0 Å². The van der Waals surface area contributed by atoms with Crippen LogP contribution in [0.2, 0.25) is 0 Å². The zero-order valence-electron chi connectivity index (χ0n) is 41.9. The molecule has 3 saturated heterocycles. The van der Waals surface area contributed by atoms with Crippen molar-refractivity contribution < 1.29 is 104 Å². The number of carbonyl (C=O) groups is 2. The molecule has 0 amide bonds. The van der Waals surface area contributed by atoms with Gasteiger partial charge in [-0.15, -0.1) is 0 Å². The Balaban J connectivity index is 1.03. The third-order valence-corrected chi connectivity index (χ3v) is 18.0. The van der Waals surface area contributed by atoms with E-state index in [2.05, 4.69) is 6.92 Å². The molecule has 0 bridgehead atoms. The Labute approximate surface area is 419 Å². The highest BCUT2D eigenvalue weighted by Gasteiger charge is 2.79. The minimum Gasteiger partial charge on any atom is -0.462 e. The zero-order chi connectivity index (χ0) is 52.5. The van der Waals surface area contributed by atoms with Crippen LogP contribution in [0, 0.1) is 34.5 Å². The van der Waals surface area contributed by atoms with Crippen molar-refractivity contribution in [1.82, 2.24) is 0 Å². The summed E-state index contributed by atoms with van der Waals surface area (Å²) in [5.41, 5.74) is -5.24. The highest BCUT2D eigenvalue weighted by Crippen LogP contribution is 2.71. The van der Waals surface area contributed by atoms with Crippen LogP contribution in [0.15, 0.2) is 30.3 Å². The summed E-state index contributed by atoms with van der Waals surface area (Å²) in [6.45, 7) is 9.47. The van der Waals surface area contributed by atoms with Crippen LogP contribution in [0.3, 0.4) is 0 Å². The largest absolute Gasteiger partial charge is 0.462 e. The quantitative estimate of drug-likeness (QED) is 0.0658. The number of aliphatic hydroxyl groups excluding tert-OH is 9. The molecule has 1 aromatic carbocycles. The molecule has 4 saturated carbocycles. The van der Waals surface area contributed by atoms with Crippen molar-refractivity contribution in [2.24, 2.45) is 34.5 Å². The molecule has 24 atom stereocenters. The average molecular weight is 1030 g/mol. The Morgan fingerprint density at radius 3 is 2.17 bits per heavy atom. The minimum absolute atomic E-state index is 0.0506. The molecule has 7 aliphatic rings. The topological polar surface area (TPSA) is 331 Å². The van der Waals surface area contributed by atoms with Gasteiger partial charge in [-0.3, -0.25) is 4.79 Å². The van der Waals surface area contributed by atoms with E-state index in [0.717, 1.165) is 0 Å². The van der Waals surface area contributed by atoms with Gasteiger partial charge in [0.1, 0.15) is 72.2 Å². The van der Waals surface area contributed by atoms with Crippen LogP contribution >= 0.6 is 0 Å². The van der Waals surface area contributed by atoms with E-state index in [9.17, 15) is 65.8 Å². The fourth-order valence-electron chi connectivity index (χ4n) is 14.1. The number of ether oxygens (including phenoxy) is 8. The lowest BCUT2D eigenvalue weighted by atomic mass is 9.41. The van der Waals surface area contributed by atoms with Crippen molar-refractivity contribution in [1.29, 1.82) is 0 Å². The van der Waals surface area contributed by atoms with E-state index in [1.165, 1.54) is 6.92 Å². The molecule has 21 heteroatoms. The summed E-state index contributed by atoms with van der Waals surface area (Å²) in [6.07, 6.45) is -21.2. The summed E-state index contributed by atoms with van der Waals surface area (Å²) in [4.78, 5) is 26.9. The molecule has 1 aromatic rings. The Morgan fingerprint density at radius 1 is 0.806 bits per heavy atom. The molecule has 11 N–H and O–H groups in total. The van der Waals surface area contributed by atoms with Crippen molar-refractivity contribution >= 4 is 11.9 Å². The van der Waals surface area contributed by atoms with Gasteiger partial charge < -0.3 is 94.1 Å². The van der Waals surface area contributed by atoms with Crippen LogP contribution in [-0.2, 0) is 42.7 Å². The van der Waals surface area contributed by atoms with Gasteiger partial charge in [0, 0.05) is 24.2 Å². The van der Waals surface area contributed by atoms with Gasteiger partial charge in [0.25, 0.3) is 0 Å². The highest BCUT2D eigenvalue weighted by atomic mass is 16.9. The number of aliphatic hydroxyl groups is 11. The van der Waals surface area contributed by atoms with E-state index in [1.54, 1.807) is 37.3 Å². The number of esters is 2. The number of hydrogen-bond donors (Lipinski definition) is 11. The molecule has 3 heterocycles. The molecule has 408 valence electrons. The van der Waals surface area contributed by atoms with Gasteiger partial charge in [0.15, 0.2) is 18.7 Å². The average Bonchev–Trinajstić information content (AvgIpc) is 3.56. The van der Waals surface area contributed by atoms with Crippen molar-refractivity contribution in [3.63, 3.8) is 0 Å². The second-order valence-corrected chi connectivity index (χ2v) is 22.7. The maximum atomic E-state index is 13.8. The van der Waals surface area contributed by atoms with E-state index in [1.807, 2.05) is 20.8 Å². The number of hydrogen-bond acceptors (Lipinski definition) is 21. The van der Waals surface area contributed by atoms with Crippen LogP contribution in [0.1, 0.15) is 116 Å². The van der Waals surface area contributed by atoms with Crippen LogP contribution < -0.4 is 0 Å². The normalized spacial score (nSPS) is 48.8. The Hall–Kier alpha value is -2.52. The van der Waals surface area contributed by atoms with E-state index in [4.69, 9.17) is 37.9 Å². The first-order chi connectivity index (χ1) is 33.8. The van der Waals surface area contributed by atoms with E-state index in [-0.39, 0.29) is 61.9 Å². The van der Waals surface area contributed by atoms with Crippen molar-refractivity contribution in [2.75, 3.05) is 13.2 Å². The summed E-state index contributed by atoms with van der Waals surface area (Å²) in [6, 6.07) is 8.40. The number of rotatable bonds is 14. The lowest BCUT2D eigenvalue weighted by Gasteiger charge is -2.68. The lowest BCUT2D eigenvalue weighted by Crippen LogP contribution is -2.76. The highest BCUT2D eigenvalue weighted by molar-refractivity contribution is 5.89. The third-order valence-electron chi connectivity index (χ3n) is 18.0. The summed E-state index contributed by atoms with van der Waals surface area (Å²) < 4.78 is 48.1. The monoisotopic (exact) mass is 1030 g/mol. The van der Waals surface area contributed by atoms with Crippen LogP contribution in [0.25, 0.3) is 0 Å². The maximum absolute atomic E-state index is 13.8. The van der Waals surface area contributed by atoms with E-state index < -0.39 is 157 Å². The molecule has 3 aliphatic heterocycles. The van der Waals surface area contributed by atoms with Gasteiger partial charge in [0.05, 0.1) is 37.1 Å². The van der Waals surface area contributed by atoms with Gasteiger partial charge in [-0.05, 0) is 101 Å². The van der Waals surface area contributed by atoms with Gasteiger partial charge in [-0.2, -0.15) is 0 Å². The summed E-state index contributed by atoms with van der Waals surface area (Å²) >= 11 is 0.